The van der Waals surface area contributed by atoms with Crippen molar-refractivity contribution < 1.29 is 14.3 Å². The lowest BCUT2D eigenvalue weighted by Gasteiger charge is -2.10. The molecule has 2 aromatic rings. The SMILES string of the molecule is O=C(O)CSc1nnc(C2CC2)n1Cc1ccccc1F. The molecule has 0 aliphatic heterocycles. The monoisotopic (exact) mass is 307 g/mol. The molecule has 0 saturated heterocycles. The Labute approximate surface area is 125 Å². The van der Waals surface area contributed by atoms with Crippen LogP contribution in [0.4, 0.5) is 4.39 Å². The maximum atomic E-state index is 13.8. The van der Waals surface area contributed by atoms with Gasteiger partial charge in [0.1, 0.15) is 11.6 Å². The van der Waals surface area contributed by atoms with Crippen molar-refractivity contribution in [1.82, 2.24) is 14.8 Å². The van der Waals surface area contributed by atoms with Gasteiger partial charge in [-0.25, -0.2) is 4.39 Å². The van der Waals surface area contributed by atoms with Crippen LogP contribution < -0.4 is 0 Å². The molecule has 1 heterocycles. The predicted octanol–water partition coefficient (Wildman–Crippen LogP) is 2.52. The molecule has 0 bridgehead atoms. The molecular formula is C14H14FN3O2S. The number of carboxylic acids is 1. The molecule has 1 aliphatic rings. The molecule has 0 spiro atoms. The number of nitrogens with zero attached hydrogens (tertiary/aromatic N) is 3. The van der Waals surface area contributed by atoms with Crippen molar-refractivity contribution in [3.8, 4) is 0 Å². The second kappa shape index (κ2) is 5.85. The summed E-state index contributed by atoms with van der Waals surface area (Å²) in [5.41, 5.74) is 0.552. The van der Waals surface area contributed by atoms with Crippen molar-refractivity contribution in [1.29, 1.82) is 0 Å². The van der Waals surface area contributed by atoms with Crippen LogP contribution in [-0.2, 0) is 11.3 Å². The average Bonchev–Trinajstić information content (AvgIpc) is 3.22. The van der Waals surface area contributed by atoms with Crippen molar-refractivity contribution >= 4 is 17.7 Å². The molecule has 0 amide bonds. The van der Waals surface area contributed by atoms with Gasteiger partial charge in [0, 0.05) is 11.5 Å². The van der Waals surface area contributed by atoms with Gasteiger partial charge in [-0.3, -0.25) is 4.79 Å². The van der Waals surface area contributed by atoms with Gasteiger partial charge >= 0.3 is 5.97 Å². The molecule has 0 radical (unpaired) electrons. The lowest BCUT2D eigenvalue weighted by atomic mass is 10.2. The van der Waals surface area contributed by atoms with Crippen LogP contribution >= 0.6 is 11.8 Å². The zero-order valence-electron chi connectivity index (χ0n) is 11.2. The number of rotatable bonds is 6. The quantitative estimate of drug-likeness (QED) is 0.831. The number of thioether (sulfide) groups is 1. The Morgan fingerprint density at radius 1 is 1.38 bits per heavy atom. The predicted molar refractivity (Wildman–Crippen MR) is 75.9 cm³/mol. The van der Waals surface area contributed by atoms with Crippen LogP contribution in [0.1, 0.15) is 30.1 Å². The van der Waals surface area contributed by atoms with Gasteiger partial charge in [-0.05, 0) is 18.9 Å². The van der Waals surface area contributed by atoms with E-state index in [1.165, 1.54) is 6.07 Å². The summed E-state index contributed by atoms with van der Waals surface area (Å²) in [6, 6.07) is 6.56. The summed E-state index contributed by atoms with van der Waals surface area (Å²) in [7, 11) is 0. The standard InChI is InChI=1S/C14H14FN3O2S/c15-11-4-2-1-3-10(11)7-18-13(9-5-6-9)16-17-14(18)21-8-12(19)20/h1-4,9H,5-8H2,(H,19,20). The molecule has 0 atom stereocenters. The van der Waals surface area contributed by atoms with Crippen LogP contribution in [0.3, 0.4) is 0 Å². The number of aromatic nitrogens is 3. The third-order valence-corrected chi connectivity index (χ3v) is 4.25. The first-order valence-electron chi connectivity index (χ1n) is 6.66. The first-order valence-corrected chi connectivity index (χ1v) is 7.65. The van der Waals surface area contributed by atoms with Gasteiger partial charge in [0.15, 0.2) is 5.16 Å². The molecule has 110 valence electrons. The van der Waals surface area contributed by atoms with Gasteiger partial charge in [-0.2, -0.15) is 0 Å². The Balaban J connectivity index is 1.89. The van der Waals surface area contributed by atoms with E-state index in [2.05, 4.69) is 10.2 Å². The lowest BCUT2D eigenvalue weighted by molar-refractivity contribution is -0.133. The van der Waals surface area contributed by atoms with Crippen molar-refractivity contribution in [2.24, 2.45) is 0 Å². The van der Waals surface area contributed by atoms with Crippen LogP contribution in [0.5, 0.6) is 0 Å². The number of carboxylic acid groups (broad SMARTS) is 1. The Hall–Kier alpha value is -1.89. The summed E-state index contributed by atoms with van der Waals surface area (Å²) in [6.07, 6.45) is 2.11. The van der Waals surface area contributed by atoms with Crippen molar-refractivity contribution in [2.75, 3.05) is 5.75 Å². The molecule has 1 fully saturated rings. The Kier molecular flexibility index (Phi) is 3.92. The molecular weight excluding hydrogens is 293 g/mol. The number of carbonyl (C=O) groups is 1. The minimum absolute atomic E-state index is 0.0833. The van der Waals surface area contributed by atoms with Gasteiger partial charge in [0.05, 0.1) is 12.3 Å². The van der Waals surface area contributed by atoms with E-state index >= 15 is 0 Å². The molecule has 1 aromatic heterocycles. The van der Waals surface area contributed by atoms with Crippen molar-refractivity contribution in [3.05, 3.63) is 41.5 Å². The van der Waals surface area contributed by atoms with Crippen LogP contribution in [0, 0.1) is 5.82 Å². The molecule has 3 rings (SSSR count). The molecule has 0 unspecified atom stereocenters. The maximum absolute atomic E-state index is 13.8. The minimum atomic E-state index is -0.909. The van der Waals surface area contributed by atoms with E-state index in [1.807, 2.05) is 4.57 Å². The highest BCUT2D eigenvalue weighted by atomic mass is 32.2. The highest BCUT2D eigenvalue weighted by Gasteiger charge is 2.30. The largest absolute Gasteiger partial charge is 0.481 e. The van der Waals surface area contributed by atoms with E-state index in [-0.39, 0.29) is 11.6 Å². The maximum Gasteiger partial charge on any atom is 0.313 e. The molecule has 1 saturated carbocycles. The average molecular weight is 307 g/mol. The van der Waals surface area contributed by atoms with E-state index in [1.54, 1.807) is 18.2 Å². The highest BCUT2D eigenvalue weighted by molar-refractivity contribution is 7.99. The lowest BCUT2D eigenvalue weighted by Crippen LogP contribution is -2.08. The molecule has 7 heteroatoms. The third kappa shape index (κ3) is 3.24. The van der Waals surface area contributed by atoms with E-state index < -0.39 is 5.97 Å². The number of halogens is 1. The highest BCUT2D eigenvalue weighted by Crippen LogP contribution is 2.40. The summed E-state index contributed by atoms with van der Waals surface area (Å²) in [5.74, 6) is -0.0785. The zero-order valence-corrected chi connectivity index (χ0v) is 12.0. The molecule has 5 nitrogen and oxygen atoms in total. The molecule has 1 aromatic carbocycles. The zero-order chi connectivity index (χ0) is 14.8. The van der Waals surface area contributed by atoms with Crippen LogP contribution in [0.2, 0.25) is 0 Å². The fraction of sp³-hybridized carbons (Fsp3) is 0.357. The number of benzene rings is 1. The summed E-state index contributed by atoms with van der Waals surface area (Å²) in [4.78, 5) is 10.7. The molecule has 21 heavy (non-hydrogen) atoms. The van der Waals surface area contributed by atoms with Crippen LogP contribution in [0.25, 0.3) is 0 Å². The van der Waals surface area contributed by atoms with E-state index in [9.17, 15) is 9.18 Å². The first-order chi connectivity index (χ1) is 10.1. The van der Waals surface area contributed by atoms with Crippen molar-refractivity contribution in [3.63, 3.8) is 0 Å². The summed E-state index contributed by atoms with van der Waals surface area (Å²) < 4.78 is 15.7. The smallest absolute Gasteiger partial charge is 0.313 e. The number of aliphatic carboxylic acids is 1. The first kappa shape index (κ1) is 14.1. The second-order valence-electron chi connectivity index (χ2n) is 4.98. The Morgan fingerprint density at radius 3 is 2.81 bits per heavy atom. The second-order valence-corrected chi connectivity index (χ2v) is 5.92. The fourth-order valence-electron chi connectivity index (χ4n) is 2.12. The van der Waals surface area contributed by atoms with Crippen LogP contribution in [-0.4, -0.2) is 31.6 Å². The van der Waals surface area contributed by atoms with Gasteiger partial charge in [0.25, 0.3) is 0 Å². The van der Waals surface area contributed by atoms with Crippen LogP contribution in [0.15, 0.2) is 29.4 Å². The number of hydrogen-bond donors (Lipinski definition) is 1. The summed E-state index contributed by atoms with van der Waals surface area (Å²) in [5, 5.41) is 17.5. The topological polar surface area (TPSA) is 68.0 Å². The van der Waals surface area contributed by atoms with E-state index in [4.69, 9.17) is 5.11 Å². The Morgan fingerprint density at radius 2 is 2.14 bits per heavy atom. The fourth-order valence-corrected chi connectivity index (χ4v) is 2.79. The van der Waals surface area contributed by atoms with Gasteiger partial charge in [-0.1, -0.05) is 30.0 Å². The van der Waals surface area contributed by atoms with Crippen molar-refractivity contribution in [2.45, 2.75) is 30.5 Å². The summed E-state index contributed by atoms with van der Waals surface area (Å²) >= 11 is 1.11. The van der Waals surface area contributed by atoms with Gasteiger partial charge in [0.2, 0.25) is 0 Å². The normalized spacial score (nSPS) is 14.3. The van der Waals surface area contributed by atoms with Gasteiger partial charge < -0.3 is 9.67 Å². The van der Waals surface area contributed by atoms with Gasteiger partial charge in [-0.15, -0.1) is 10.2 Å². The summed E-state index contributed by atoms with van der Waals surface area (Å²) in [6.45, 7) is 0.327. The molecule has 1 N–H and O–H groups in total. The van der Waals surface area contributed by atoms with E-state index in [0.717, 1.165) is 30.4 Å². The van der Waals surface area contributed by atoms with E-state index in [0.29, 0.717) is 23.2 Å². The third-order valence-electron chi connectivity index (χ3n) is 3.30. The number of hydrogen-bond acceptors (Lipinski definition) is 4. The minimum Gasteiger partial charge on any atom is -0.481 e. The Bertz CT molecular complexity index is 670. The molecule has 1 aliphatic carbocycles.